The lowest BCUT2D eigenvalue weighted by molar-refractivity contribution is -0.143. The molecule has 0 unspecified atom stereocenters. The minimum absolute atomic E-state index is 0.0894. The molecule has 3 N–H and O–H groups in total. The van der Waals surface area contributed by atoms with Gasteiger partial charge in [-0.1, -0.05) is 12.8 Å². The van der Waals surface area contributed by atoms with Crippen molar-refractivity contribution in [2.75, 3.05) is 32.8 Å². The Morgan fingerprint density at radius 3 is 2.71 bits per heavy atom. The van der Waals surface area contributed by atoms with Gasteiger partial charge in [-0.2, -0.15) is 0 Å². The number of likely N-dealkylation sites (tertiary alicyclic amines) is 1. The molecule has 1 aliphatic heterocycles. The molecule has 0 bridgehead atoms. The second-order valence-corrected chi connectivity index (χ2v) is 10.8. The molecule has 1 aromatic carbocycles. The van der Waals surface area contributed by atoms with Gasteiger partial charge in [0.05, 0.1) is 24.1 Å². The van der Waals surface area contributed by atoms with Crippen molar-refractivity contribution < 1.29 is 28.6 Å². The van der Waals surface area contributed by atoms with Gasteiger partial charge in [-0.25, -0.2) is 4.79 Å². The van der Waals surface area contributed by atoms with Crippen LogP contribution in [0.2, 0.25) is 0 Å². The van der Waals surface area contributed by atoms with Crippen molar-refractivity contribution in [2.24, 2.45) is 5.92 Å². The number of ether oxygens (including phenoxy) is 1. The van der Waals surface area contributed by atoms with Crippen molar-refractivity contribution in [2.45, 2.75) is 63.9 Å². The average Bonchev–Trinajstić information content (AvgIpc) is 3.39. The molecule has 204 valence electrons. The Balaban J connectivity index is 1.09. The molecule has 0 radical (unpaired) electrons. The summed E-state index contributed by atoms with van der Waals surface area (Å²) < 4.78 is 11.3. The molecule has 3 amide bonds. The molecule has 5 rings (SSSR count). The topological polar surface area (TPSA) is 138 Å². The van der Waals surface area contributed by atoms with Gasteiger partial charge >= 0.3 is 5.63 Å². The highest BCUT2D eigenvalue weighted by molar-refractivity contribution is 5.90. The van der Waals surface area contributed by atoms with Crippen molar-refractivity contribution in [3.8, 4) is 5.75 Å². The molecule has 10 nitrogen and oxygen atoms in total. The van der Waals surface area contributed by atoms with Crippen LogP contribution in [0.15, 0.2) is 21.3 Å². The SMILES string of the molecule is Cc1cc(OCC(=O)NCC(=O)NCC(=O)N2CC[C@@]3(O)CCCC[C@H]3C2)c2c3c(c(=O)oc2c1)CCC3. The van der Waals surface area contributed by atoms with E-state index in [2.05, 4.69) is 10.6 Å². The van der Waals surface area contributed by atoms with Gasteiger partial charge in [0.15, 0.2) is 6.61 Å². The predicted molar refractivity (Wildman–Crippen MR) is 139 cm³/mol. The van der Waals surface area contributed by atoms with E-state index < -0.39 is 17.4 Å². The van der Waals surface area contributed by atoms with Gasteiger partial charge < -0.3 is 29.8 Å². The number of rotatable bonds is 7. The molecule has 10 heteroatoms. The third-order valence-corrected chi connectivity index (χ3v) is 8.20. The fourth-order valence-corrected chi connectivity index (χ4v) is 6.14. The Morgan fingerprint density at radius 1 is 1.08 bits per heavy atom. The van der Waals surface area contributed by atoms with E-state index >= 15 is 0 Å². The number of hydrogen-bond acceptors (Lipinski definition) is 7. The standard InChI is InChI=1S/C28H35N3O7/c1-17-11-21(26-19-6-4-7-20(19)27(35)38-22(26)12-17)37-16-24(33)29-13-23(32)30-14-25(34)31-10-9-28(36)8-3-2-5-18(28)15-31/h11-12,18,36H,2-10,13-16H2,1H3,(H,29,33)(H,30,32)/t18-,28-/m0/s1. The van der Waals surface area contributed by atoms with Crippen LogP contribution in [0.25, 0.3) is 11.0 Å². The summed E-state index contributed by atoms with van der Waals surface area (Å²) in [4.78, 5) is 51.2. The van der Waals surface area contributed by atoms with Gasteiger partial charge in [0.1, 0.15) is 11.3 Å². The molecule has 2 fully saturated rings. The summed E-state index contributed by atoms with van der Waals surface area (Å²) in [5.74, 6) is -0.586. The molecule has 3 aliphatic rings. The quantitative estimate of drug-likeness (QED) is 0.464. The zero-order valence-corrected chi connectivity index (χ0v) is 21.8. The van der Waals surface area contributed by atoms with Crippen LogP contribution in [0.5, 0.6) is 5.75 Å². The third kappa shape index (κ3) is 5.41. The first-order chi connectivity index (χ1) is 18.2. The van der Waals surface area contributed by atoms with E-state index in [1.807, 2.05) is 6.92 Å². The van der Waals surface area contributed by atoms with Crippen molar-refractivity contribution in [3.05, 3.63) is 39.2 Å². The number of hydrogen-bond donors (Lipinski definition) is 3. The second-order valence-electron chi connectivity index (χ2n) is 10.8. The first-order valence-corrected chi connectivity index (χ1v) is 13.5. The van der Waals surface area contributed by atoms with Gasteiger partial charge in [-0.3, -0.25) is 14.4 Å². The van der Waals surface area contributed by atoms with Gasteiger partial charge in [0.25, 0.3) is 5.91 Å². The number of piperidine rings is 1. The van der Waals surface area contributed by atoms with Crippen molar-refractivity contribution in [1.82, 2.24) is 15.5 Å². The van der Waals surface area contributed by atoms with E-state index in [4.69, 9.17) is 9.15 Å². The van der Waals surface area contributed by atoms with Crippen LogP contribution in [0.3, 0.4) is 0 Å². The van der Waals surface area contributed by atoms with Crippen molar-refractivity contribution >= 4 is 28.7 Å². The van der Waals surface area contributed by atoms with Crippen LogP contribution in [0, 0.1) is 12.8 Å². The largest absolute Gasteiger partial charge is 0.483 e. The van der Waals surface area contributed by atoms with Crippen LogP contribution >= 0.6 is 0 Å². The Bertz CT molecular complexity index is 1320. The molecule has 1 saturated carbocycles. The second kappa shape index (κ2) is 10.8. The molecule has 1 aromatic heterocycles. The zero-order chi connectivity index (χ0) is 26.9. The molecular formula is C28H35N3O7. The lowest BCUT2D eigenvalue weighted by atomic mass is 9.71. The maximum absolute atomic E-state index is 12.6. The monoisotopic (exact) mass is 525 g/mol. The number of carbonyl (C=O) groups is 3. The number of benzene rings is 1. The third-order valence-electron chi connectivity index (χ3n) is 8.20. The van der Waals surface area contributed by atoms with Crippen LogP contribution in [0.1, 0.15) is 55.2 Å². The van der Waals surface area contributed by atoms with Crippen molar-refractivity contribution in [1.29, 1.82) is 0 Å². The Labute approximate surface area is 220 Å². The molecule has 2 atom stereocenters. The lowest BCUT2D eigenvalue weighted by Gasteiger charge is -2.47. The number of nitrogens with zero attached hydrogens (tertiary/aromatic N) is 1. The van der Waals surface area contributed by atoms with E-state index in [0.29, 0.717) is 42.8 Å². The first-order valence-electron chi connectivity index (χ1n) is 13.5. The van der Waals surface area contributed by atoms with Gasteiger partial charge in [0.2, 0.25) is 11.8 Å². The average molecular weight is 526 g/mol. The smallest absolute Gasteiger partial charge is 0.339 e. The summed E-state index contributed by atoms with van der Waals surface area (Å²) in [5.41, 5.74) is 1.87. The fraction of sp³-hybridized carbons (Fsp3) is 0.571. The fourth-order valence-electron chi connectivity index (χ4n) is 6.14. The first kappa shape index (κ1) is 26.2. The number of aryl methyl sites for hydroxylation is 2. The van der Waals surface area contributed by atoms with E-state index in [0.717, 1.165) is 55.0 Å². The molecular weight excluding hydrogens is 490 g/mol. The number of nitrogens with one attached hydrogen (secondary N) is 2. The van der Waals surface area contributed by atoms with Crippen LogP contribution in [-0.2, 0) is 27.2 Å². The van der Waals surface area contributed by atoms with Crippen LogP contribution in [-0.4, -0.2) is 66.1 Å². The van der Waals surface area contributed by atoms with E-state index in [9.17, 15) is 24.3 Å². The highest BCUT2D eigenvalue weighted by Gasteiger charge is 2.43. The molecule has 2 aliphatic carbocycles. The Morgan fingerprint density at radius 2 is 1.87 bits per heavy atom. The summed E-state index contributed by atoms with van der Waals surface area (Å²) in [5, 5.41) is 16.6. The summed E-state index contributed by atoms with van der Waals surface area (Å²) in [6.45, 7) is 2.11. The molecule has 2 aromatic rings. The summed E-state index contributed by atoms with van der Waals surface area (Å²) >= 11 is 0. The summed E-state index contributed by atoms with van der Waals surface area (Å²) in [6.07, 6.45) is 6.64. The Kier molecular flexibility index (Phi) is 7.43. The number of fused-ring (bicyclic) bond motifs is 4. The van der Waals surface area contributed by atoms with E-state index in [-0.39, 0.29) is 37.1 Å². The van der Waals surface area contributed by atoms with Crippen LogP contribution < -0.4 is 21.0 Å². The zero-order valence-electron chi connectivity index (χ0n) is 21.8. The number of amides is 3. The molecule has 1 saturated heterocycles. The van der Waals surface area contributed by atoms with Crippen molar-refractivity contribution in [3.63, 3.8) is 0 Å². The maximum atomic E-state index is 12.6. The van der Waals surface area contributed by atoms with Gasteiger partial charge in [-0.05, 0) is 68.7 Å². The van der Waals surface area contributed by atoms with Gasteiger partial charge in [-0.15, -0.1) is 0 Å². The van der Waals surface area contributed by atoms with Crippen LogP contribution in [0.4, 0.5) is 0 Å². The summed E-state index contributed by atoms with van der Waals surface area (Å²) in [6, 6.07) is 3.59. The maximum Gasteiger partial charge on any atom is 0.339 e. The van der Waals surface area contributed by atoms with E-state index in [1.54, 1.807) is 17.0 Å². The molecule has 0 spiro atoms. The molecule has 38 heavy (non-hydrogen) atoms. The number of aliphatic hydroxyl groups is 1. The Hall–Kier alpha value is -3.40. The highest BCUT2D eigenvalue weighted by atomic mass is 16.5. The number of carbonyl (C=O) groups excluding carboxylic acids is 3. The van der Waals surface area contributed by atoms with Gasteiger partial charge in [0, 0.05) is 24.6 Å². The minimum Gasteiger partial charge on any atom is -0.483 e. The highest BCUT2D eigenvalue weighted by Crippen LogP contribution is 2.39. The minimum atomic E-state index is -0.664. The summed E-state index contributed by atoms with van der Waals surface area (Å²) in [7, 11) is 0. The predicted octanol–water partition coefficient (Wildman–Crippen LogP) is 1.35. The normalized spacial score (nSPS) is 22.5. The molecule has 2 heterocycles. The lowest BCUT2D eigenvalue weighted by Crippen LogP contribution is -2.56. The van der Waals surface area contributed by atoms with E-state index in [1.165, 1.54) is 0 Å².